The second-order valence-electron chi connectivity index (χ2n) is 8.49. The van der Waals surface area contributed by atoms with E-state index in [9.17, 15) is 14.7 Å². The van der Waals surface area contributed by atoms with Crippen molar-refractivity contribution < 1.29 is 24.2 Å². The number of hydrogen-bond donors (Lipinski definition) is 1. The zero-order chi connectivity index (χ0) is 24.9. The molecule has 2 aromatic rings. The molecular formula is C26H28Cl2N2O5. The van der Waals surface area contributed by atoms with Gasteiger partial charge < -0.3 is 19.5 Å². The maximum Gasteiger partial charge on any atom is 0.295 e. The fraction of sp³-hybridized carbons (Fsp3) is 0.385. The number of morpholine rings is 1. The van der Waals surface area contributed by atoms with E-state index >= 15 is 0 Å². The van der Waals surface area contributed by atoms with Crippen LogP contribution in [0.2, 0.25) is 10.0 Å². The van der Waals surface area contributed by atoms with Gasteiger partial charge in [-0.3, -0.25) is 14.5 Å². The van der Waals surface area contributed by atoms with Gasteiger partial charge in [0.15, 0.2) is 0 Å². The lowest BCUT2D eigenvalue weighted by Crippen LogP contribution is -2.42. The molecule has 1 unspecified atom stereocenters. The molecule has 1 N–H and O–H groups in total. The van der Waals surface area contributed by atoms with E-state index in [2.05, 4.69) is 4.90 Å². The minimum Gasteiger partial charge on any atom is -0.507 e. The van der Waals surface area contributed by atoms with Gasteiger partial charge in [-0.15, -0.1) is 0 Å². The summed E-state index contributed by atoms with van der Waals surface area (Å²) in [6, 6.07) is 11.0. The summed E-state index contributed by atoms with van der Waals surface area (Å²) in [7, 11) is 0. The van der Waals surface area contributed by atoms with Gasteiger partial charge in [0.25, 0.3) is 11.7 Å². The van der Waals surface area contributed by atoms with Crippen LogP contribution in [-0.2, 0) is 14.3 Å². The molecule has 9 heteroatoms. The Bertz CT molecular complexity index is 1110. The van der Waals surface area contributed by atoms with Gasteiger partial charge in [0.2, 0.25) is 0 Å². The lowest BCUT2D eigenvalue weighted by Gasteiger charge is -2.31. The number of ether oxygens (including phenoxy) is 2. The zero-order valence-electron chi connectivity index (χ0n) is 19.5. The Labute approximate surface area is 214 Å². The van der Waals surface area contributed by atoms with E-state index in [4.69, 9.17) is 32.7 Å². The third-order valence-electron chi connectivity index (χ3n) is 6.16. The topological polar surface area (TPSA) is 79.3 Å². The van der Waals surface area contributed by atoms with Gasteiger partial charge in [-0.25, -0.2) is 0 Å². The van der Waals surface area contributed by atoms with Crippen molar-refractivity contribution >= 4 is 40.7 Å². The number of Topliss-reactive ketones (excluding diaryl/α,β-unsaturated/α-hetero) is 1. The van der Waals surface area contributed by atoms with Crippen LogP contribution in [0, 0.1) is 0 Å². The van der Waals surface area contributed by atoms with E-state index in [-0.39, 0.29) is 11.3 Å². The van der Waals surface area contributed by atoms with Crippen molar-refractivity contribution in [2.45, 2.75) is 19.4 Å². The average Bonchev–Trinajstić information content (AvgIpc) is 3.13. The molecule has 7 nitrogen and oxygen atoms in total. The van der Waals surface area contributed by atoms with Gasteiger partial charge in [-0.2, -0.15) is 0 Å². The third kappa shape index (κ3) is 5.64. The SMILES string of the molecule is CCCOc1ccc(C(O)=C2C(=O)C(=O)N(CCN3CCOCC3)C2c2ccc(Cl)c(Cl)c2)cc1. The van der Waals surface area contributed by atoms with Crippen LogP contribution in [0.5, 0.6) is 5.75 Å². The number of carbonyl (C=O) groups excluding carboxylic acids is 2. The molecule has 2 aliphatic rings. The Morgan fingerprint density at radius 2 is 1.77 bits per heavy atom. The monoisotopic (exact) mass is 518 g/mol. The predicted octanol–water partition coefficient (Wildman–Crippen LogP) is 4.54. The van der Waals surface area contributed by atoms with Gasteiger partial charge in [0.1, 0.15) is 11.5 Å². The van der Waals surface area contributed by atoms with E-state index in [0.29, 0.717) is 59.8 Å². The number of likely N-dealkylation sites (tertiary alicyclic amines) is 1. The van der Waals surface area contributed by atoms with Crippen LogP contribution in [0.3, 0.4) is 0 Å². The molecule has 4 rings (SSSR count). The van der Waals surface area contributed by atoms with Crippen molar-refractivity contribution in [1.29, 1.82) is 0 Å². The first-order valence-corrected chi connectivity index (χ1v) is 12.4. The summed E-state index contributed by atoms with van der Waals surface area (Å²) >= 11 is 12.4. The molecule has 0 radical (unpaired) electrons. The fourth-order valence-electron chi connectivity index (χ4n) is 4.30. The van der Waals surface area contributed by atoms with Crippen LogP contribution in [-0.4, -0.2) is 72.6 Å². The highest BCUT2D eigenvalue weighted by molar-refractivity contribution is 6.46. The second-order valence-corrected chi connectivity index (χ2v) is 9.31. The van der Waals surface area contributed by atoms with E-state index in [0.717, 1.165) is 19.5 Å². The van der Waals surface area contributed by atoms with Crippen LogP contribution in [0.15, 0.2) is 48.0 Å². The van der Waals surface area contributed by atoms with Crippen molar-refractivity contribution in [2.75, 3.05) is 46.0 Å². The number of rotatable bonds is 8. The number of hydrogen-bond acceptors (Lipinski definition) is 6. The number of aliphatic hydroxyl groups is 1. The molecule has 2 fully saturated rings. The molecule has 0 aliphatic carbocycles. The van der Waals surface area contributed by atoms with Gasteiger partial charge in [0, 0.05) is 31.7 Å². The maximum atomic E-state index is 13.2. The maximum absolute atomic E-state index is 13.2. The molecule has 1 amide bonds. The predicted molar refractivity (Wildman–Crippen MR) is 135 cm³/mol. The molecule has 0 bridgehead atoms. The zero-order valence-corrected chi connectivity index (χ0v) is 21.0. The van der Waals surface area contributed by atoms with Crippen molar-refractivity contribution in [3.05, 3.63) is 69.2 Å². The summed E-state index contributed by atoms with van der Waals surface area (Å²) in [6.45, 7) is 6.27. The van der Waals surface area contributed by atoms with E-state index in [1.54, 1.807) is 42.5 Å². The first-order chi connectivity index (χ1) is 16.9. The summed E-state index contributed by atoms with van der Waals surface area (Å²) in [6.07, 6.45) is 0.874. The quantitative estimate of drug-likeness (QED) is 0.314. The average molecular weight is 519 g/mol. The number of aliphatic hydroxyl groups excluding tert-OH is 1. The summed E-state index contributed by atoms with van der Waals surface area (Å²) in [5.74, 6) is -0.962. The Morgan fingerprint density at radius 1 is 1.06 bits per heavy atom. The molecule has 2 aromatic carbocycles. The van der Waals surface area contributed by atoms with E-state index in [1.807, 2.05) is 6.92 Å². The highest BCUT2D eigenvalue weighted by Gasteiger charge is 2.46. The van der Waals surface area contributed by atoms with Gasteiger partial charge in [0.05, 0.1) is 41.5 Å². The fourth-order valence-corrected chi connectivity index (χ4v) is 4.60. The highest BCUT2D eigenvalue weighted by atomic mass is 35.5. The molecule has 0 aromatic heterocycles. The molecular weight excluding hydrogens is 491 g/mol. The summed E-state index contributed by atoms with van der Waals surface area (Å²) < 4.78 is 11.0. The van der Waals surface area contributed by atoms with E-state index in [1.165, 1.54) is 4.90 Å². The summed E-state index contributed by atoms with van der Waals surface area (Å²) in [5.41, 5.74) is 1.05. The standard InChI is InChI=1S/C26H28Cl2N2O5/c1-2-13-35-19-6-3-17(4-7-19)24(31)22-23(18-5-8-20(27)21(28)16-18)30(26(33)25(22)32)10-9-29-11-14-34-15-12-29/h3-8,16,23,31H,2,9-15H2,1H3. The first-order valence-electron chi connectivity index (χ1n) is 11.7. The Morgan fingerprint density at radius 3 is 2.43 bits per heavy atom. The molecule has 0 saturated carbocycles. The van der Waals surface area contributed by atoms with E-state index < -0.39 is 17.7 Å². The van der Waals surface area contributed by atoms with Gasteiger partial charge in [-0.1, -0.05) is 36.2 Å². The molecule has 2 saturated heterocycles. The smallest absolute Gasteiger partial charge is 0.295 e. The highest BCUT2D eigenvalue weighted by Crippen LogP contribution is 2.41. The Kier molecular flexibility index (Phi) is 8.34. The van der Waals surface area contributed by atoms with Crippen molar-refractivity contribution in [3.8, 4) is 5.75 Å². The van der Waals surface area contributed by atoms with Crippen LogP contribution < -0.4 is 4.74 Å². The normalized spacial score (nSPS) is 20.4. The van der Waals surface area contributed by atoms with Crippen LogP contribution in [0.1, 0.15) is 30.5 Å². The third-order valence-corrected chi connectivity index (χ3v) is 6.90. The van der Waals surface area contributed by atoms with Crippen LogP contribution >= 0.6 is 23.2 Å². The molecule has 35 heavy (non-hydrogen) atoms. The molecule has 2 aliphatic heterocycles. The van der Waals surface area contributed by atoms with Gasteiger partial charge >= 0.3 is 0 Å². The van der Waals surface area contributed by atoms with Crippen molar-refractivity contribution in [2.24, 2.45) is 0 Å². The molecule has 2 heterocycles. The first kappa shape index (κ1) is 25.5. The Hall–Kier alpha value is -2.58. The number of carbonyl (C=O) groups is 2. The minimum atomic E-state index is -0.790. The number of halogens is 2. The van der Waals surface area contributed by atoms with Crippen molar-refractivity contribution in [1.82, 2.24) is 9.80 Å². The molecule has 0 spiro atoms. The number of ketones is 1. The molecule has 186 valence electrons. The van der Waals surface area contributed by atoms with Gasteiger partial charge in [-0.05, 0) is 48.4 Å². The summed E-state index contributed by atoms with van der Waals surface area (Å²) in [4.78, 5) is 30.0. The Balaban J connectivity index is 1.70. The van der Waals surface area contributed by atoms with Crippen molar-refractivity contribution in [3.63, 3.8) is 0 Å². The second kappa shape index (κ2) is 11.4. The van der Waals surface area contributed by atoms with Crippen LogP contribution in [0.25, 0.3) is 5.76 Å². The minimum absolute atomic E-state index is 0.0255. The summed E-state index contributed by atoms with van der Waals surface area (Å²) in [5, 5.41) is 11.9. The number of amides is 1. The lowest BCUT2D eigenvalue weighted by molar-refractivity contribution is -0.140. The number of benzene rings is 2. The number of nitrogens with zero attached hydrogens (tertiary/aromatic N) is 2. The van der Waals surface area contributed by atoms with Crippen LogP contribution in [0.4, 0.5) is 0 Å². The molecule has 1 atom stereocenters. The lowest BCUT2D eigenvalue weighted by atomic mass is 9.95. The largest absolute Gasteiger partial charge is 0.507 e.